The Bertz CT molecular complexity index is 852. The van der Waals surface area contributed by atoms with E-state index in [0.717, 1.165) is 28.1 Å². The normalized spacial score (nSPS) is 13.2. The topological polar surface area (TPSA) is 79.5 Å². The number of urea groups is 1. The maximum atomic E-state index is 12.2. The van der Waals surface area contributed by atoms with Gasteiger partial charge in [-0.2, -0.15) is 0 Å². The smallest absolute Gasteiger partial charge is 0.323 e. The number of nitrogens with two attached hydrogens (primary N) is 1. The largest absolute Gasteiger partial charge is 0.387 e. The van der Waals surface area contributed by atoms with Crippen LogP contribution in [0.2, 0.25) is 0 Å². The van der Waals surface area contributed by atoms with Gasteiger partial charge in [0.05, 0.1) is 0 Å². The van der Waals surface area contributed by atoms with Gasteiger partial charge in [0.2, 0.25) is 0 Å². The third-order valence-electron chi connectivity index (χ3n) is 4.01. The number of nitrogens with one attached hydrogen (secondary N) is 2. The first-order valence-electron chi connectivity index (χ1n) is 7.78. The highest BCUT2D eigenvalue weighted by Crippen LogP contribution is 2.25. The van der Waals surface area contributed by atoms with E-state index in [4.69, 9.17) is 5.73 Å². The van der Waals surface area contributed by atoms with Gasteiger partial charge in [-0.25, -0.2) is 9.79 Å². The summed E-state index contributed by atoms with van der Waals surface area (Å²) >= 11 is 0. The van der Waals surface area contributed by atoms with E-state index in [0.29, 0.717) is 12.3 Å². The van der Waals surface area contributed by atoms with Crippen molar-refractivity contribution in [3.8, 4) is 0 Å². The van der Waals surface area contributed by atoms with Crippen LogP contribution in [0, 0.1) is 13.8 Å². The van der Waals surface area contributed by atoms with Gasteiger partial charge in [0.1, 0.15) is 5.84 Å². The van der Waals surface area contributed by atoms with Crippen LogP contribution in [-0.4, -0.2) is 11.9 Å². The molecule has 0 radical (unpaired) electrons. The number of hydrogen-bond acceptors (Lipinski definition) is 3. The zero-order valence-electron chi connectivity index (χ0n) is 13.8. The number of amides is 2. The summed E-state index contributed by atoms with van der Waals surface area (Å²) in [4.78, 5) is 16.3. The average molecular weight is 320 g/mol. The van der Waals surface area contributed by atoms with E-state index in [1.807, 2.05) is 56.3 Å². The third-order valence-corrected chi connectivity index (χ3v) is 4.01. The Hall–Kier alpha value is -3.08. The van der Waals surface area contributed by atoms with Gasteiger partial charge in [0.25, 0.3) is 0 Å². The predicted molar refractivity (Wildman–Crippen MR) is 99.2 cm³/mol. The zero-order valence-corrected chi connectivity index (χ0v) is 13.8. The summed E-state index contributed by atoms with van der Waals surface area (Å²) in [5.41, 5.74) is 11.6. The van der Waals surface area contributed by atoms with Gasteiger partial charge in [-0.15, -0.1) is 0 Å². The second-order valence-electron chi connectivity index (χ2n) is 5.91. The first kappa shape index (κ1) is 15.8. The third kappa shape index (κ3) is 3.63. The van der Waals surface area contributed by atoms with Crippen molar-refractivity contribution in [1.29, 1.82) is 0 Å². The number of nitrogens with zero attached hydrogens (tertiary/aromatic N) is 1. The highest BCUT2D eigenvalue weighted by molar-refractivity contribution is 6.00. The number of carbonyl (C=O) groups excluding carboxylic acids is 1. The molecule has 2 aromatic rings. The van der Waals surface area contributed by atoms with Crippen molar-refractivity contribution in [2.75, 3.05) is 10.6 Å². The lowest BCUT2D eigenvalue weighted by molar-refractivity contribution is 0.262. The summed E-state index contributed by atoms with van der Waals surface area (Å²) in [6.45, 7) is 4.06. The van der Waals surface area contributed by atoms with Crippen molar-refractivity contribution in [2.45, 2.75) is 20.3 Å². The molecule has 1 heterocycles. The van der Waals surface area contributed by atoms with Crippen LogP contribution in [0.3, 0.4) is 0 Å². The van der Waals surface area contributed by atoms with Crippen LogP contribution in [0.15, 0.2) is 53.7 Å². The van der Waals surface area contributed by atoms with Crippen molar-refractivity contribution in [1.82, 2.24) is 0 Å². The van der Waals surface area contributed by atoms with Gasteiger partial charge < -0.3 is 16.4 Å². The molecular weight excluding hydrogens is 300 g/mol. The maximum absolute atomic E-state index is 12.2. The first-order chi connectivity index (χ1) is 11.5. The van der Waals surface area contributed by atoms with Gasteiger partial charge in [-0.1, -0.05) is 18.2 Å². The SMILES string of the molecule is Cc1ccc(NC(=O)Nc2cccc(C3=CN=C(N)C3)c2)cc1C. The zero-order chi connectivity index (χ0) is 17.1. The van der Waals surface area contributed by atoms with Gasteiger partial charge in [-0.05, 0) is 60.4 Å². The number of carbonyl (C=O) groups is 1. The van der Waals surface area contributed by atoms with Crippen LogP contribution in [0.5, 0.6) is 0 Å². The second kappa shape index (κ2) is 6.58. The maximum Gasteiger partial charge on any atom is 0.323 e. The van der Waals surface area contributed by atoms with E-state index < -0.39 is 0 Å². The van der Waals surface area contributed by atoms with E-state index >= 15 is 0 Å². The minimum atomic E-state index is -0.272. The van der Waals surface area contributed by atoms with Gasteiger partial charge >= 0.3 is 6.03 Å². The van der Waals surface area contributed by atoms with Crippen LogP contribution in [0.25, 0.3) is 5.57 Å². The van der Waals surface area contributed by atoms with E-state index in [9.17, 15) is 4.79 Å². The number of amidine groups is 1. The Balaban J connectivity index is 1.67. The molecule has 122 valence electrons. The highest BCUT2D eigenvalue weighted by Gasteiger charge is 2.10. The van der Waals surface area contributed by atoms with Crippen molar-refractivity contribution in [3.63, 3.8) is 0 Å². The molecule has 24 heavy (non-hydrogen) atoms. The Kier molecular flexibility index (Phi) is 4.33. The number of hydrogen-bond donors (Lipinski definition) is 3. The lowest BCUT2D eigenvalue weighted by atomic mass is 10.0. The summed E-state index contributed by atoms with van der Waals surface area (Å²) in [6.07, 6.45) is 2.40. The molecule has 0 saturated carbocycles. The molecule has 0 fully saturated rings. The van der Waals surface area contributed by atoms with Crippen molar-refractivity contribution in [2.24, 2.45) is 10.7 Å². The van der Waals surface area contributed by atoms with E-state index in [-0.39, 0.29) is 6.03 Å². The molecule has 0 aliphatic carbocycles. The summed E-state index contributed by atoms with van der Waals surface area (Å²) in [5, 5.41) is 5.70. The van der Waals surface area contributed by atoms with Gasteiger partial charge in [0.15, 0.2) is 0 Å². The molecule has 1 aliphatic rings. The Morgan fingerprint density at radius 2 is 1.79 bits per heavy atom. The van der Waals surface area contributed by atoms with E-state index in [2.05, 4.69) is 15.6 Å². The molecule has 4 N–H and O–H groups in total. The molecule has 2 amide bonds. The Labute approximate surface area is 141 Å². The summed E-state index contributed by atoms with van der Waals surface area (Å²) in [6, 6.07) is 13.2. The fraction of sp³-hybridized carbons (Fsp3) is 0.158. The average Bonchev–Trinajstić information content (AvgIpc) is 2.98. The fourth-order valence-corrected chi connectivity index (χ4v) is 2.53. The molecule has 2 aromatic carbocycles. The van der Waals surface area contributed by atoms with Crippen LogP contribution < -0.4 is 16.4 Å². The fourth-order valence-electron chi connectivity index (χ4n) is 2.53. The van der Waals surface area contributed by atoms with E-state index in [1.165, 1.54) is 5.56 Å². The van der Waals surface area contributed by atoms with Crippen LogP contribution in [0.1, 0.15) is 23.1 Å². The standard InChI is InChI=1S/C19H20N4O/c1-12-6-7-17(8-13(12)2)23-19(24)22-16-5-3-4-14(9-16)15-10-18(20)21-11-15/h3-9,11H,10H2,1-2H3,(H2,20,21)(H2,22,23,24). The van der Waals surface area contributed by atoms with Crippen molar-refractivity contribution < 1.29 is 4.79 Å². The number of aliphatic imine (C=N–C) groups is 1. The number of benzene rings is 2. The van der Waals surface area contributed by atoms with Crippen LogP contribution >= 0.6 is 0 Å². The molecule has 3 rings (SSSR count). The van der Waals surface area contributed by atoms with E-state index in [1.54, 1.807) is 6.20 Å². The molecule has 0 spiro atoms. The monoisotopic (exact) mass is 320 g/mol. The van der Waals surface area contributed by atoms with Crippen LogP contribution in [0.4, 0.5) is 16.2 Å². The summed E-state index contributed by atoms with van der Waals surface area (Å²) in [7, 11) is 0. The lowest BCUT2D eigenvalue weighted by Crippen LogP contribution is -2.19. The number of rotatable bonds is 3. The quantitative estimate of drug-likeness (QED) is 0.797. The lowest BCUT2D eigenvalue weighted by Gasteiger charge is -2.10. The molecule has 0 bridgehead atoms. The highest BCUT2D eigenvalue weighted by atomic mass is 16.2. The first-order valence-corrected chi connectivity index (χ1v) is 7.78. The summed E-state index contributed by atoms with van der Waals surface area (Å²) < 4.78 is 0. The Morgan fingerprint density at radius 3 is 2.46 bits per heavy atom. The second-order valence-corrected chi connectivity index (χ2v) is 5.91. The predicted octanol–water partition coefficient (Wildman–Crippen LogP) is 4.05. The number of anilines is 2. The minimum Gasteiger partial charge on any atom is -0.387 e. The Morgan fingerprint density at radius 1 is 1.04 bits per heavy atom. The number of aryl methyl sites for hydroxylation is 2. The molecule has 0 atom stereocenters. The molecule has 5 nitrogen and oxygen atoms in total. The molecule has 1 aliphatic heterocycles. The summed E-state index contributed by atoms with van der Waals surface area (Å²) in [5.74, 6) is 0.607. The van der Waals surface area contributed by atoms with Gasteiger partial charge in [-0.3, -0.25) is 0 Å². The molecule has 0 aromatic heterocycles. The van der Waals surface area contributed by atoms with Crippen molar-refractivity contribution >= 4 is 28.8 Å². The molecule has 5 heteroatoms. The molecule has 0 unspecified atom stereocenters. The molecule has 0 saturated heterocycles. The minimum absolute atomic E-state index is 0.272. The van der Waals surface area contributed by atoms with Crippen LogP contribution in [-0.2, 0) is 0 Å². The van der Waals surface area contributed by atoms with Crippen molar-refractivity contribution in [3.05, 3.63) is 65.4 Å². The van der Waals surface area contributed by atoms with Gasteiger partial charge in [0, 0.05) is 24.0 Å². The molecular formula is C19H20N4O.